The highest BCUT2D eigenvalue weighted by atomic mass is 127. The average molecular weight is 455 g/mol. The summed E-state index contributed by atoms with van der Waals surface area (Å²) in [5.74, 6) is 1.28. The average Bonchev–Trinajstić information content (AvgIpc) is 3.29. The van der Waals surface area contributed by atoms with Gasteiger partial charge in [0.25, 0.3) is 0 Å². The van der Waals surface area contributed by atoms with Crippen molar-refractivity contribution in [1.82, 2.24) is 25.0 Å². The lowest BCUT2D eigenvalue weighted by molar-refractivity contribution is 0.267. The Morgan fingerprint density at radius 1 is 1.44 bits per heavy atom. The van der Waals surface area contributed by atoms with Gasteiger partial charge in [-0.3, -0.25) is 4.90 Å². The van der Waals surface area contributed by atoms with Crippen LogP contribution in [0, 0.1) is 0 Å². The van der Waals surface area contributed by atoms with Crippen LogP contribution in [0.25, 0.3) is 5.82 Å². The van der Waals surface area contributed by atoms with E-state index in [2.05, 4.69) is 32.2 Å². The Hall–Kier alpha value is -1.68. The molecule has 1 aliphatic rings. The predicted molar refractivity (Wildman–Crippen MR) is 110 cm³/mol. The SMILES string of the molecule is CCN1CCCC1CNC(N)=NCc1ccnc(-n2cccn2)c1.I. The molecule has 3 N–H and O–H groups in total. The summed E-state index contributed by atoms with van der Waals surface area (Å²) in [4.78, 5) is 11.2. The van der Waals surface area contributed by atoms with Gasteiger partial charge in [0, 0.05) is 31.2 Å². The number of likely N-dealkylation sites (tertiary alicyclic amines) is 1. The van der Waals surface area contributed by atoms with Crippen molar-refractivity contribution in [2.24, 2.45) is 10.7 Å². The topological polar surface area (TPSA) is 84.4 Å². The van der Waals surface area contributed by atoms with Gasteiger partial charge in [-0.05, 0) is 49.7 Å². The second kappa shape index (κ2) is 9.71. The minimum absolute atomic E-state index is 0. The number of pyridine rings is 1. The van der Waals surface area contributed by atoms with E-state index >= 15 is 0 Å². The van der Waals surface area contributed by atoms with E-state index in [0.717, 1.165) is 24.5 Å². The van der Waals surface area contributed by atoms with Crippen LogP contribution in [0.1, 0.15) is 25.3 Å². The molecule has 0 spiro atoms. The number of rotatable bonds is 6. The molecule has 0 bridgehead atoms. The van der Waals surface area contributed by atoms with Crippen LogP contribution in [-0.4, -0.2) is 51.3 Å². The zero-order chi connectivity index (χ0) is 16.8. The molecule has 1 saturated heterocycles. The number of nitrogens with one attached hydrogen (secondary N) is 1. The first-order valence-electron chi connectivity index (χ1n) is 8.49. The molecule has 0 amide bonds. The third kappa shape index (κ3) is 5.40. The fraction of sp³-hybridized carbons (Fsp3) is 0.471. The molecule has 136 valence electrons. The zero-order valence-electron chi connectivity index (χ0n) is 14.5. The maximum atomic E-state index is 6.01. The van der Waals surface area contributed by atoms with Crippen molar-refractivity contribution in [3.8, 4) is 5.82 Å². The first-order valence-corrected chi connectivity index (χ1v) is 8.49. The number of aliphatic imine (C=N–C) groups is 1. The standard InChI is InChI=1S/C17H25N7.HI/c1-2-23-9-3-5-15(23)13-21-17(18)20-12-14-6-8-19-16(11-14)24-10-4-7-22-24;/h4,6-8,10-11,15H,2-3,5,9,12-13H2,1H3,(H3,18,20,21);1H. The molecule has 1 fully saturated rings. The third-order valence-corrected chi connectivity index (χ3v) is 4.41. The first-order chi connectivity index (χ1) is 11.8. The summed E-state index contributed by atoms with van der Waals surface area (Å²) in [6.07, 6.45) is 7.86. The highest BCUT2D eigenvalue weighted by molar-refractivity contribution is 14.0. The van der Waals surface area contributed by atoms with Crippen molar-refractivity contribution in [2.75, 3.05) is 19.6 Å². The molecule has 0 aliphatic carbocycles. The van der Waals surface area contributed by atoms with Gasteiger partial charge >= 0.3 is 0 Å². The van der Waals surface area contributed by atoms with Crippen LogP contribution in [0.2, 0.25) is 0 Å². The van der Waals surface area contributed by atoms with E-state index < -0.39 is 0 Å². The van der Waals surface area contributed by atoms with Gasteiger partial charge in [0.05, 0.1) is 6.54 Å². The van der Waals surface area contributed by atoms with Gasteiger partial charge in [0.15, 0.2) is 11.8 Å². The summed E-state index contributed by atoms with van der Waals surface area (Å²) in [6.45, 7) is 5.87. The molecule has 8 heteroatoms. The number of halogens is 1. The largest absolute Gasteiger partial charge is 0.370 e. The fourth-order valence-electron chi connectivity index (χ4n) is 3.09. The summed E-state index contributed by atoms with van der Waals surface area (Å²) in [7, 11) is 0. The van der Waals surface area contributed by atoms with Crippen molar-refractivity contribution in [2.45, 2.75) is 32.4 Å². The molecule has 7 nitrogen and oxygen atoms in total. The Labute approximate surface area is 165 Å². The van der Waals surface area contributed by atoms with Crippen molar-refractivity contribution >= 4 is 29.9 Å². The lowest BCUT2D eigenvalue weighted by Crippen LogP contribution is -2.42. The normalized spacial score (nSPS) is 18.1. The smallest absolute Gasteiger partial charge is 0.188 e. The van der Waals surface area contributed by atoms with E-state index in [4.69, 9.17) is 5.73 Å². The van der Waals surface area contributed by atoms with E-state index in [-0.39, 0.29) is 24.0 Å². The Morgan fingerprint density at radius 2 is 2.32 bits per heavy atom. The number of likely N-dealkylation sites (N-methyl/N-ethyl adjacent to an activating group) is 1. The van der Waals surface area contributed by atoms with Crippen molar-refractivity contribution in [3.63, 3.8) is 0 Å². The number of aromatic nitrogens is 3. The molecule has 1 aliphatic heterocycles. The Bertz CT molecular complexity index is 671. The number of hydrogen-bond acceptors (Lipinski definition) is 4. The summed E-state index contributed by atoms with van der Waals surface area (Å²) in [5, 5.41) is 7.44. The van der Waals surface area contributed by atoms with E-state index in [1.807, 2.05) is 24.4 Å². The second-order valence-corrected chi connectivity index (χ2v) is 5.98. The summed E-state index contributed by atoms with van der Waals surface area (Å²) in [6, 6.07) is 6.35. The quantitative estimate of drug-likeness (QED) is 0.394. The first kappa shape index (κ1) is 19.6. The molecule has 1 unspecified atom stereocenters. The van der Waals surface area contributed by atoms with Crippen LogP contribution in [0.5, 0.6) is 0 Å². The van der Waals surface area contributed by atoms with E-state index in [1.54, 1.807) is 17.1 Å². The van der Waals surface area contributed by atoms with Gasteiger partial charge in [-0.25, -0.2) is 14.7 Å². The molecule has 0 saturated carbocycles. The van der Waals surface area contributed by atoms with Crippen LogP contribution >= 0.6 is 24.0 Å². The monoisotopic (exact) mass is 455 g/mol. The molecule has 1 atom stereocenters. The molecule has 3 heterocycles. The van der Waals surface area contributed by atoms with Gasteiger partial charge in [-0.1, -0.05) is 6.92 Å². The van der Waals surface area contributed by atoms with Crippen LogP contribution in [-0.2, 0) is 6.54 Å². The Morgan fingerprint density at radius 3 is 3.08 bits per heavy atom. The van der Waals surface area contributed by atoms with Crippen LogP contribution in [0.4, 0.5) is 0 Å². The molecule has 25 heavy (non-hydrogen) atoms. The molecular weight excluding hydrogens is 429 g/mol. The van der Waals surface area contributed by atoms with Crippen molar-refractivity contribution in [3.05, 3.63) is 42.4 Å². The van der Waals surface area contributed by atoms with Crippen LogP contribution in [0.15, 0.2) is 41.8 Å². The molecule has 2 aromatic heterocycles. The van der Waals surface area contributed by atoms with Gasteiger partial charge < -0.3 is 11.1 Å². The van der Waals surface area contributed by atoms with Crippen LogP contribution < -0.4 is 11.1 Å². The maximum Gasteiger partial charge on any atom is 0.188 e. The fourth-order valence-corrected chi connectivity index (χ4v) is 3.09. The Kier molecular flexibility index (Phi) is 7.63. The van der Waals surface area contributed by atoms with Crippen molar-refractivity contribution < 1.29 is 0 Å². The van der Waals surface area contributed by atoms with Crippen LogP contribution in [0.3, 0.4) is 0 Å². The van der Waals surface area contributed by atoms with E-state index in [1.165, 1.54) is 19.4 Å². The van der Waals surface area contributed by atoms with E-state index in [0.29, 0.717) is 18.5 Å². The Balaban J connectivity index is 0.00000225. The molecule has 0 aromatic carbocycles. The number of nitrogens with two attached hydrogens (primary N) is 1. The summed E-state index contributed by atoms with van der Waals surface area (Å²) in [5.41, 5.74) is 7.06. The minimum Gasteiger partial charge on any atom is -0.370 e. The third-order valence-electron chi connectivity index (χ3n) is 4.41. The van der Waals surface area contributed by atoms with Gasteiger partial charge in [0.1, 0.15) is 0 Å². The summed E-state index contributed by atoms with van der Waals surface area (Å²) >= 11 is 0. The van der Waals surface area contributed by atoms with Gasteiger partial charge in [0.2, 0.25) is 0 Å². The van der Waals surface area contributed by atoms with Crippen molar-refractivity contribution in [1.29, 1.82) is 0 Å². The summed E-state index contributed by atoms with van der Waals surface area (Å²) < 4.78 is 1.73. The van der Waals surface area contributed by atoms with Gasteiger partial charge in [-0.2, -0.15) is 5.10 Å². The number of hydrogen-bond donors (Lipinski definition) is 2. The minimum atomic E-state index is 0. The number of guanidine groups is 1. The molecule has 3 rings (SSSR count). The molecule has 0 radical (unpaired) electrons. The molecular formula is C17H26IN7. The second-order valence-electron chi connectivity index (χ2n) is 5.98. The maximum absolute atomic E-state index is 6.01. The lowest BCUT2D eigenvalue weighted by atomic mass is 10.2. The highest BCUT2D eigenvalue weighted by Crippen LogP contribution is 2.15. The lowest BCUT2D eigenvalue weighted by Gasteiger charge is -2.23. The number of nitrogens with zero attached hydrogens (tertiary/aromatic N) is 5. The van der Waals surface area contributed by atoms with Gasteiger partial charge in [-0.15, -0.1) is 24.0 Å². The zero-order valence-corrected chi connectivity index (χ0v) is 16.8. The van der Waals surface area contributed by atoms with E-state index in [9.17, 15) is 0 Å². The predicted octanol–water partition coefficient (Wildman–Crippen LogP) is 1.77. The highest BCUT2D eigenvalue weighted by Gasteiger charge is 2.22. The molecule has 2 aromatic rings.